The monoisotopic (exact) mass is 243 g/mol. The van der Waals surface area contributed by atoms with Gasteiger partial charge < -0.3 is 10.3 Å². The van der Waals surface area contributed by atoms with Crippen molar-refractivity contribution in [3.05, 3.63) is 47.1 Å². The molecule has 1 aliphatic carbocycles. The smallest absolute Gasteiger partial charge is 0.234 e. The first kappa shape index (κ1) is 11.4. The molecule has 3 rings (SSSR count). The lowest BCUT2D eigenvalue weighted by molar-refractivity contribution is 0.349. The predicted molar refractivity (Wildman–Crippen MR) is 68.1 cm³/mol. The molecule has 2 aromatic rings. The van der Waals surface area contributed by atoms with E-state index in [1.807, 2.05) is 6.07 Å². The van der Waals surface area contributed by atoms with Crippen LogP contribution in [0.5, 0.6) is 0 Å². The normalized spacial score (nSPS) is 19.1. The lowest BCUT2D eigenvalue weighted by Gasteiger charge is -2.26. The van der Waals surface area contributed by atoms with Crippen molar-refractivity contribution in [2.24, 2.45) is 5.73 Å². The fraction of sp³-hybridized carbons (Fsp3) is 0.429. The number of aromatic nitrogens is 2. The van der Waals surface area contributed by atoms with Gasteiger partial charge in [-0.1, -0.05) is 42.8 Å². The minimum atomic E-state index is -0.108. The molecule has 0 saturated heterocycles. The highest BCUT2D eigenvalue weighted by Gasteiger charge is 2.32. The second kappa shape index (κ2) is 4.53. The van der Waals surface area contributed by atoms with Gasteiger partial charge in [0.1, 0.15) is 0 Å². The zero-order valence-electron chi connectivity index (χ0n) is 10.5. The van der Waals surface area contributed by atoms with Crippen LogP contribution >= 0.6 is 0 Å². The van der Waals surface area contributed by atoms with E-state index in [1.54, 1.807) is 0 Å². The number of nitrogens with zero attached hydrogens (tertiary/aromatic N) is 2. The van der Waals surface area contributed by atoms with Gasteiger partial charge in [-0.2, -0.15) is 4.98 Å². The molecule has 0 saturated carbocycles. The Morgan fingerprint density at radius 3 is 3.06 bits per heavy atom. The zero-order valence-corrected chi connectivity index (χ0v) is 10.5. The summed E-state index contributed by atoms with van der Waals surface area (Å²) in [7, 11) is 0. The van der Waals surface area contributed by atoms with E-state index in [9.17, 15) is 0 Å². The van der Waals surface area contributed by atoms with Gasteiger partial charge in [-0.25, -0.2) is 0 Å². The van der Waals surface area contributed by atoms with Crippen LogP contribution in [0.2, 0.25) is 0 Å². The van der Waals surface area contributed by atoms with E-state index in [1.165, 1.54) is 11.1 Å². The van der Waals surface area contributed by atoms with Gasteiger partial charge in [0.2, 0.25) is 5.89 Å². The summed E-state index contributed by atoms with van der Waals surface area (Å²) in [5, 5.41) is 4.00. The van der Waals surface area contributed by atoms with Gasteiger partial charge in [0.15, 0.2) is 5.82 Å². The molecule has 1 heterocycles. The van der Waals surface area contributed by atoms with E-state index in [4.69, 9.17) is 10.3 Å². The SMILES string of the molecule is CCCC(N)c1noc(C2Cc3ccccc32)n1. The Kier molecular flexibility index (Phi) is 2.88. The average Bonchev–Trinajstić information content (AvgIpc) is 2.80. The molecule has 0 fully saturated rings. The van der Waals surface area contributed by atoms with Crippen LogP contribution in [0.3, 0.4) is 0 Å². The van der Waals surface area contributed by atoms with E-state index in [-0.39, 0.29) is 12.0 Å². The van der Waals surface area contributed by atoms with Crippen molar-refractivity contribution in [3.8, 4) is 0 Å². The molecule has 1 aliphatic rings. The van der Waals surface area contributed by atoms with Crippen molar-refractivity contribution in [1.29, 1.82) is 0 Å². The van der Waals surface area contributed by atoms with Crippen LogP contribution in [0.25, 0.3) is 0 Å². The number of hydrogen-bond donors (Lipinski definition) is 1. The van der Waals surface area contributed by atoms with E-state index < -0.39 is 0 Å². The van der Waals surface area contributed by atoms with Crippen LogP contribution in [-0.2, 0) is 6.42 Å². The van der Waals surface area contributed by atoms with Crippen LogP contribution in [0.4, 0.5) is 0 Å². The maximum atomic E-state index is 5.99. The summed E-state index contributed by atoms with van der Waals surface area (Å²) in [5.41, 5.74) is 8.67. The van der Waals surface area contributed by atoms with Gasteiger partial charge in [0, 0.05) is 0 Å². The van der Waals surface area contributed by atoms with E-state index in [2.05, 4.69) is 35.3 Å². The second-order valence-corrected chi connectivity index (χ2v) is 4.84. The van der Waals surface area contributed by atoms with Crippen LogP contribution in [0, 0.1) is 0 Å². The number of rotatable bonds is 4. The van der Waals surface area contributed by atoms with Crippen molar-refractivity contribution in [2.75, 3.05) is 0 Å². The molecule has 0 bridgehead atoms. The average molecular weight is 243 g/mol. The highest BCUT2D eigenvalue weighted by Crippen LogP contribution is 2.39. The lowest BCUT2D eigenvalue weighted by atomic mass is 9.77. The van der Waals surface area contributed by atoms with Gasteiger partial charge in [0.25, 0.3) is 0 Å². The highest BCUT2D eigenvalue weighted by molar-refractivity contribution is 5.43. The first-order valence-electron chi connectivity index (χ1n) is 6.46. The molecular weight excluding hydrogens is 226 g/mol. The third kappa shape index (κ3) is 1.82. The van der Waals surface area contributed by atoms with Crippen LogP contribution in [0.15, 0.2) is 28.8 Å². The summed E-state index contributed by atoms with van der Waals surface area (Å²) in [4.78, 5) is 4.45. The Morgan fingerprint density at radius 1 is 1.44 bits per heavy atom. The number of hydrogen-bond acceptors (Lipinski definition) is 4. The summed E-state index contributed by atoms with van der Waals surface area (Å²) in [5.74, 6) is 1.60. The summed E-state index contributed by atoms with van der Waals surface area (Å²) in [6.45, 7) is 2.10. The third-order valence-corrected chi connectivity index (χ3v) is 3.54. The quantitative estimate of drug-likeness (QED) is 0.896. The molecular formula is C14H17N3O. The fourth-order valence-corrected chi connectivity index (χ4v) is 2.46. The number of nitrogens with two attached hydrogens (primary N) is 1. The first-order chi connectivity index (χ1) is 8.79. The maximum Gasteiger partial charge on any atom is 0.234 e. The van der Waals surface area contributed by atoms with Gasteiger partial charge in [-0.3, -0.25) is 0 Å². The van der Waals surface area contributed by atoms with Gasteiger partial charge >= 0.3 is 0 Å². The topological polar surface area (TPSA) is 64.9 Å². The maximum absolute atomic E-state index is 5.99. The summed E-state index contributed by atoms with van der Waals surface area (Å²) in [6.07, 6.45) is 2.90. The fourth-order valence-electron chi connectivity index (χ4n) is 2.46. The highest BCUT2D eigenvalue weighted by atomic mass is 16.5. The first-order valence-corrected chi connectivity index (χ1v) is 6.46. The number of benzene rings is 1. The van der Waals surface area contributed by atoms with Gasteiger partial charge in [-0.05, 0) is 24.0 Å². The van der Waals surface area contributed by atoms with Crippen LogP contribution in [0.1, 0.15) is 54.6 Å². The molecule has 0 spiro atoms. The molecule has 1 aromatic heterocycles. The molecule has 18 heavy (non-hydrogen) atoms. The number of fused-ring (bicyclic) bond motifs is 1. The lowest BCUT2D eigenvalue weighted by Crippen LogP contribution is -2.18. The van der Waals surface area contributed by atoms with E-state index in [0.717, 1.165) is 19.3 Å². The van der Waals surface area contributed by atoms with Crippen LogP contribution in [-0.4, -0.2) is 10.1 Å². The molecule has 0 aliphatic heterocycles. The molecule has 4 nitrogen and oxygen atoms in total. The Bertz CT molecular complexity index is 549. The van der Waals surface area contributed by atoms with Crippen LogP contribution < -0.4 is 5.73 Å². The minimum absolute atomic E-state index is 0.108. The molecule has 4 heteroatoms. The van der Waals surface area contributed by atoms with E-state index >= 15 is 0 Å². The molecule has 94 valence electrons. The third-order valence-electron chi connectivity index (χ3n) is 3.54. The molecule has 2 N–H and O–H groups in total. The molecule has 1 aromatic carbocycles. The molecule has 0 amide bonds. The van der Waals surface area contributed by atoms with Crippen molar-refractivity contribution in [1.82, 2.24) is 10.1 Å². The zero-order chi connectivity index (χ0) is 12.5. The van der Waals surface area contributed by atoms with Gasteiger partial charge in [0.05, 0.1) is 12.0 Å². The predicted octanol–water partition coefficient (Wildman–Crippen LogP) is 2.56. The second-order valence-electron chi connectivity index (χ2n) is 4.84. The molecule has 2 atom stereocenters. The summed E-state index contributed by atoms with van der Waals surface area (Å²) >= 11 is 0. The van der Waals surface area contributed by atoms with Crippen molar-refractivity contribution < 1.29 is 4.52 Å². The molecule has 0 radical (unpaired) electrons. The van der Waals surface area contributed by atoms with E-state index in [0.29, 0.717) is 11.7 Å². The van der Waals surface area contributed by atoms with Crippen molar-refractivity contribution in [2.45, 2.75) is 38.1 Å². The molecule has 2 unspecified atom stereocenters. The van der Waals surface area contributed by atoms with Crippen molar-refractivity contribution in [3.63, 3.8) is 0 Å². The van der Waals surface area contributed by atoms with Crippen molar-refractivity contribution >= 4 is 0 Å². The largest absolute Gasteiger partial charge is 0.339 e. The summed E-state index contributed by atoms with van der Waals surface area (Å²) < 4.78 is 5.35. The Morgan fingerprint density at radius 2 is 2.28 bits per heavy atom. The minimum Gasteiger partial charge on any atom is -0.339 e. The summed E-state index contributed by atoms with van der Waals surface area (Å²) in [6, 6.07) is 8.27. The Balaban J connectivity index is 1.80. The Hall–Kier alpha value is -1.68. The standard InChI is InChI=1S/C14H17N3O/c1-2-5-12(15)13-16-14(18-17-13)11-8-9-6-3-4-7-10(9)11/h3-4,6-7,11-12H,2,5,8,15H2,1H3. The Labute approximate surface area is 106 Å². The van der Waals surface area contributed by atoms with Gasteiger partial charge in [-0.15, -0.1) is 0 Å².